The Morgan fingerprint density at radius 3 is 2.37 bits per heavy atom. The summed E-state index contributed by atoms with van der Waals surface area (Å²) >= 11 is 0. The van der Waals surface area contributed by atoms with Gasteiger partial charge in [0, 0.05) is 17.4 Å². The quantitative estimate of drug-likeness (QED) is 0.471. The summed E-state index contributed by atoms with van der Waals surface area (Å²) in [5.74, 6) is -3.67. The van der Waals surface area contributed by atoms with Crippen LogP contribution < -0.4 is 11.1 Å². The first-order chi connectivity index (χ1) is 17.6. The van der Waals surface area contributed by atoms with Gasteiger partial charge in [-0.05, 0) is 56.3 Å². The first-order valence-corrected chi connectivity index (χ1v) is 12.6. The van der Waals surface area contributed by atoms with E-state index in [1.165, 1.54) is 13.0 Å². The Kier molecular flexibility index (Phi) is 6.50. The fourth-order valence-electron chi connectivity index (χ4n) is 4.10. The molecule has 0 spiro atoms. The lowest BCUT2D eigenvalue weighted by Gasteiger charge is -2.39. The number of carbonyl (C=O) groups excluding carboxylic acids is 1. The smallest absolute Gasteiger partial charge is 0.386 e. The molecule has 0 aliphatic carbocycles. The number of rotatable bonds is 4. The highest BCUT2D eigenvalue weighted by Crippen LogP contribution is 2.43. The molecule has 2 aromatic heterocycles. The van der Waals surface area contributed by atoms with E-state index in [-0.39, 0.29) is 16.9 Å². The van der Waals surface area contributed by atoms with Gasteiger partial charge in [-0.15, -0.1) is 0 Å². The number of aliphatic imine (C=N–C) groups is 1. The van der Waals surface area contributed by atoms with Crippen molar-refractivity contribution < 1.29 is 35.2 Å². The topological polar surface area (TPSA) is 127 Å². The average molecular weight is 554 g/mol. The number of nitrogens with zero attached hydrogens (tertiary/aromatic N) is 3. The van der Waals surface area contributed by atoms with Gasteiger partial charge in [-0.1, -0.05) is 0 Å². The molecule has 1 unspecified atom stereocenters. The Hall–Kier alpha value is -3.94. The number of nitrogens with one attached hydrogen (secondary N) is 1. The number of hydrogen-bond acceptors (Lipinski definition) is 7. The van der Waals surface area contributed by atoms with E-state index in [0.717, 1.165) is 43.6 Å². The second-order valence-electron chi connectivity index (χ2n) is 9.00. The number of amides is 1. The summed E-state index contributed by atoms with van der Waals surface area (Å²) in [5, 5.41) is 2.46. The van der Waals surface area contributed by atoms with E-state index >= 15 is 0 Å². The third-order valence-corrected chi connectivity index (χ3v) is 8.89. The van der Waals surface area contributed by atoms with Gasteiger partial charge in [0.2, 0.25) is 0 Å². The van der Waals surface area contributed by atoms with Crippen LogP contribution in [0.1, 0.15) is 41.2 Å². The molecule has 0 saturated carbocycles. The van der Waals surface area contributed by atoms with Crippen LogP contribution >= 0.6 is 0 Å². The van der Waals surface area contributed by atoms with E-state index in [9.17, 15) is 35.2 Å². The second kappa shape index (κ2) is 9.11. The molecule has 0 radical (unpaired) electrons. The molecule has 3 heterocycles. The molecule has 3 N–H and O–H groups in total. The number of alkyl halides is 3. The van der Waals surface area contributed by atoms with Gasteiger partial charge in [-0.2, -0.15) is 13.2 Å². The predicted molar refractivity (Wildman–Crippen MR) is 128 cm³/mol. The van der Waals surface area contributed by atoms with Crippen LogP contribution in [-0.2, 0) is 26.3 Å². The van der Waals surface area contributed by atoms with Crippen LogP contribution in [-0.4, -0.2) is 35.9 Å². The molecule has 200 valence electrons. The normalized spacial score (nSPS) is 23.0. The highest BCUT2D eigenvalue weighted by atomic mass is 32.2. The molecule has 38 heavy (non-hydrogen) atoms. The summed E-state index contributed by atoms with van der Waals surface area (Å²) < 4.78 is 92.7. The molecule has 8 nitrogen and oxygen atoms in total. The van der Waals surface area contributed by atoms with Gasteiger partial charge in [0.1, 0.15) is 28.7 Å². The maximum absolute atomic E-state index is 15.0. The summed E-state index contributed by atoms with van der Waals surface area (Å²) in [4.78, 5) is 24.2. The standard InChI is InChI=1S/C24H20F5N5O3S/c1-22(16-10-15(4-5-17(16)26)33-20(35)18-6-3-14(25)11-32-18)12-38(36,37)23(2,21(30)34-22)19-9-13(7-8-31-19)24(27,28)29/h3-11H,12H2,1-2H3,(H2,30,34)(H,33,35)/t22-,23?/m0/s1. The van der Waals surface area contributed by atoms with Gasteiger partial charge in [0.25, 0.3) is 5.91 Å². The number of hydrogen-bond donors (Lipinski definition) is 2. The van der Waals surface area contributed by atoms with Crippen molar-refractivity contribution in [1.82, 2.24) is 9.97 Å². The molecule has 2 atom stereocenters. The molecule has 14 heteroatoms. The minimum atomic E-state index is -4.76. The number of carbonyl (C=O) groups is 1. The number of nitrogens with two attached hydrogens (primary N) is 1. The summed E-state index contributed by atoms with van der Waals surface area (Å²) in [5.41, 5.74) is 2.34. The molecule has 4 rings (SSSR count). The van der Waals surface area contributed by atoms with Gasteiger partial charge in [-0.25, -0.2) is 22.2 Å². The zero-order valence-electron chi connectivity index (χ0n) is 19.8. The van der Waals surface area contributed by atoms with E-state index in [1.807, 2.05) is 0 Å². The van der Waals surface area contributed by atoms with E-state index in [0.29, 0.717) is 12.1 Å². The molecule has 1 amide bonds. The van der Waals surface area contributed by atoms with E-state index in [2.05, 4.69) is 20.3 Å². The Balaban J connectivity index is 1.75. The van der Waals surface area contributed by atoms with E-state index in [1.54, 1.807) is 0 Å². The van der Waals surface area contributed by atoms with Crippen LogP contribution in [0.5, 0.6) is 0 Å². The van der Waals surface area contributed by atoms with Crippen LogP contribution in [0, 0.1) is 11.6 Å². The van der Waals surface area contributed by atoms with Crippen LogP contribution in [0.4, 0.5) is 27.6 Å². The second-order valence-corrected chi connectivity index (χ2v) is 11.3. The van der Waals surface area contributed by atoms with Crippen LogP contribution in [0.15, 0.2) is 59.9 Å². The van der Waals surface area contributed by atoms with Crippen molar-refractivity contribution in [2.45, 2.75) is 30.3 Å². The summed E-state index contributed by atoms with van der Waals surface area (Å²) in [6, 6.07) is 6.80. The third-order valence-electron chi connectivity index (χ3n) is 6.29. The predicted octanol–water partition coefficient (Wildman–Crippen LogP) is 3.94. The number of aromatic nitrogens is 2. The number of benzene rings is 1. The molecular formula is C24H20F5N5O3S. The molecule has 1 aromatic carbocycles. The molecule has 0 bridgehead atoms. The highest BCUT2D eigenvalue weighted by molar-refractivity contribution is 7.93. The Labute approximate surface area is 213 Å². The zero-order chi connectivity index (χ0) is 28.1. The highest BCUT2D eigenvalue weighted by Gasteiger charge is 2.54. The van der Waals surface area contributed by atoms with E-state index in [4.69, 9.17) is 5.73 Å². The van der Waals surface area contributed by atoms with E-state index < -0.39 is 66.7 Å². The van der Waals surface area contributed by atoms with Crippen molar-refractivity contribution in [3.63, 3.8) is 0 Å². The fraction of sp³-hybridized carbons (Fsp3) is 0.250. The summed E-state index contributed by atoms with van der Waals surface area (Å²) in [7, 11) is -4.43. The Morgan fingerprint density at radius 2 is 1.76 bits per heavy atom. The van der Waals surface area contributed by atoms with Crippen molar-refractivity contribution in [3.8, 4) is 0 Å². The van der Waals surface area contributed by atoms with Gasteiger partial charge in [0.05, 0.1) is 23.2 Å². The SMILES string of the molecule is CC1(c2cc(C(F)(F)F)ccn2)C(N)=N[C@](C)(c2cc(NC(=O)c3ccc(F)cn3)ccc2F)CS1(=O)=O. The van der Waals surface area contributed by atoms with Crippen molar-refractivity contribution in [1.29, 1.82) is 0 Å². The maximum atomic E-state index is 15.0. The van der Waals surface area contributed by atoms with Gasteiger partial charge < -0.3 is 11.1 Å². The van der Waals surface area contributed by atoms with Gasteiger partial charge in [-0.3, -0.25) is 14.8 Å². The third kappa shape index (κ3) is 4.71. The lowest BCUT2D eigenvalue weighted by molar-refractivity contribution is -0.137. The van der Waals surface area contributed by atoms with Gasteiger partial charge >= 0.3 is 6.18 Å². The van der Waals surface area contributed by atoms with Gasteiger partial charge in [0.15, 0.2) is 14.6 Å². The summed E-state index contributed by atoms with van der Waals surface area (Å²) in [6.45, 7) is 2.38. The zero-order valence-corrected chi connectivity index (χ0v) is 20.7. The molecule has 1 aliphatic heterocycles. The number of amidine groups is 1. The number of sulfone groups is 1. The first kappa shape index (κ1) is 27.1. The first-order valence-electron chi connectivity index (χ1n) is 10.9. The van der Waals surface area contributed by atoms with Crippen LogP contribution in [0.2, 0.25) is 0 Å². The number of anilines is 1. The molecule has 0 saturated heterocycles. The number of halogens is 5. The number of pyridine rings is 2. The van der Waals surface area contributed by atoms with Crippen molar-refractivity contribution in [2.75, 3.05) is 11.1 Å². The molecule has 1 aliphatic rings. The molecular weight excluding hydrogens is 533 g/mol. The minimum absolute atomic E-state index is 0.0535. The Bertz CT molecular complexity index is 1560. The molecule has 0 fully saturated rings. The summed E-state index contributed by atoms with van der Waals surface area (Å²) in [6.07, 6.45) is -3.10. The van der Waals surface area contributed by atoms with Crippen molar-refractivity contribution >= 4 is 27.3 Å². The van der Waals surface area contributed by atoms with Crippen LogP contribution in [0.25, 0.3) is 0 Å². The van der Waals surface area contributed by atoms with Crippen molar-refractivity contribution in [3.05, 3.63) is 89.0 Å². The maximum Gasteiger partial charge on any atom is 0.416 e. The lowest BCUT2D eigenvalue weighted by Crippen LogP contribution is -2.55. The largest absolute Gasteiger partial charge is 0.416 e. The van der Waals surface area contributed by atoms with Crippen LogP contribution in [0.3, 0.4) is 0 Å². The van der Waals surface area contributed by atoms with Crippen molar-refractivity contribution in [2.24, 2.45) is 10.7 Å². The average Bonchev–Trinajstić information content (AvgIpc) is 2.83. The monoisotopic (exact) mass is 553 g/mol. The molecule has 3 aromatic rings. The lowest BCUT2D eigenvalue weighted by atomic mass is 9.92. The Morgan fingerprint density at radius 1 is 1.05 bits per heavy atom. The fourth-order valence-corrected chi connectivity index (χ4v) is 6.14. The minimum Gasteiger partial charge on any atom is -0.386 e.